The Morgan fingerprint density at radius 1 is 1.37 bits per heavy atom. The molecule has 2 aliphatic heterocycles. The SMILES string of the molecule is [CH-]=C/C=C1\[CH-]C(c2ccc(C(F)F)cc2)=CNC1=NCC1(O)CCOC1.[K+]. The second kappa shape index (κ2) is 10.1. The Morgan fingerprint density at radius 2 is 2.11 bits per heavy atom. The summed E-state index contributed by atoms with van der Waals surface area (Å²) in [6.07, 6.45) is 4.77. The average Bonchev–Trinajstić information content (AvgIpc) is 3.08. The third-order valence-electron chi connectivity index (χ3n) is 4.33. The van der Waals surface area contributed by atoms with Crippen molar-refractivity contribution in [1.82, 2.24) is 5.32 Å². The number of rotatable bonds is 5. The molecule has 1 fully saturated rings. The molecule has 0 radical (unpaired) electrons. The topological polar surface area (TPSA) is 53.9 Å². The summed E-state index contributed by atoms with van der Waals surface area (Å²) in [5, 5.41) is 13.4. The van der Waals surface area contributed by atoms with Gasteiger partial charge in [0.1, 0.15) is 5.60 Å². The van der Waals surface area contributed by atoms with E-state index in [2.05, 4.69) is 10.3 Å². The fourth-order valence-corrected chi connectivity index (χ4v) is 2.81. The maximum absolute atomic E-state index is 12.7. The largest absolute Gasteiger partial charge is 1.00 e. The molecule has 2 N–H and O–H groups in total. The summed E-state index contributed by atoms with van der Waals surface area (Å²) in [4.78, 5) is 4.46. The summed E-state index contributed by atoms with van der Waals surface area (Å²) >= 11 is 0. The van der Waals surface area contributed by atoms with Gasteiger partial charge < -0.3 is 20.2 Å². The van der Waals surface area contributed by atoms with Crippen molar-refractivity contribution in [2.45, 2.75) is 18.4 Å². The van der Waals surface area contributed by atoms with Gasteiger partial charge in [0, 0.05) is 18.6 Å². The molecule has 2 heterocycles. The Bertz CT molecular complexity index is 752. The molecule has 2 aliphatic rings. The first-order chi connectivity index (χ1) is 12.5. The maximum Gasteiger partial charge on any atom is 1.00 e. The van der Waals surface area contributed by atoms with Crippen molar-refractivity contribution in [3.8, 4) is 0 Å². The molecule has 1 saturated heterocycles. The summed E-state index contributed by atoms with van der Waals surface area (Å²) < 4.78 is 30.6. The number of aliphatic hydroxyl groups is 1. The van der Waals surface area contributed by atoms with Gasteiger partial charge in [-0.3, -0.25) is 6.58 Å². The number of nitrogens with zero attached hydrogens (tertiary/aromatic N) is 1. The molecule has 1 atom stereocenters. The standard InChI is InChI=1S/C20H20F2N2O2.K/c1-2-3-16-10-17(14-4-6-15(7-5-14)18(21)22)11-23-19(16)24-12-20(25)8-9-26-13-20;/h1-7,10-11,18,25H,8-9,12-13H2,(H,23,24);/q-2;+1/b16-3+;. The maximum atomic E-state index is 12.7. The zero-order valence-electron chi connectivity index (χ0n) is 15.2. The van der Waals surface area contributed by atoms with Crippen LogP contribution in [0.5, 0.6) is 0 Å². The summed E-state index contributed by atoms with van der Waals surface area (Å²) in [6, 6.07) is 6.12. The number of hydrogen-bond acceptors (Lipinski definition) is 3. The van der Waals surface area contributed by atoms with Crippen LogP contribution >= 0.6 is 0 Å². The van der Waals surface area contributed by atoms with E-state index in [1.807, 2.05) is 6.42 Å². The normalized spacial score (nSPS) is 25.0. The Hall–Kier alpha value is -0.804. The van der Waals surface area contributed by atoms with E-state index in [1.165, 1.54) is 18.2 Å². The van der Waals surface area contributed by atoms with Crippen LogP contribution in [0.4, 0.5) is 8.78 Å². The molecular formula is C20H20F2KN2O2-. The number of hydrogen-bond donors (Lipinski definition) is 2. The van der Waals surface area contributed by atoms with E-state index in [0.29, 0.717) is 18.9 Å². The van der Waals surface area contributed by atoms with E-state index >= 15 is 0 Å². The average molecular weight is 397 g/mol. The van der Waals surface area contributed by atoms with Gasteiger partial charge in [0.15, 0.2) is 0 Å². The Kier molecular flexibility index (Phi) is 8.42. The molecule has 0 spiro atoms. The van der Waals surface area contributed by atoms with E-state index in [-0.39, 0.29) is 70.1 Å². The van der Waals surface area contributed by atoms with Gasteiger partial charge in [-0.05, 0) is 0 Å². The minimum atomic E-state index is -2.49. The molecule has 3 rings (SSSR count). The van der Waals surface area contributed by atoms with Crippen molar-refractivity contribution in [1.29, 1.82) is 0 Å². The smallest absolute Gasteiger partial charge is 0.409 e. The van der Waals surface area contributed by atoms with Crippen LogP contribution in [-0.2, 0) is 4.74 Å². The molecule has 1 unspecified atom stereocenters. The molecule has 27 heavy (non-hydrogen) atoms. The van der Waals surface area contributed by atoms with Crippen molar-refractivity contribution in [3.05, 3.63) is 72.3 Å². The number of amidine groups is 1. The second-order valence-corrected chi connectivity index (χ2v) is 6.32. The van der Waals surface area contributed by atoms with Gasteiger partial charge in [-0.15, -0.1) is 18.1 Å². The van der Waals surface area contributed by atoms with E-state index in [9.17, 15) is 13.9 Å². The van der Waals surface area contributed by atoms with Crippen LogP contribution in [0.3, 0.4) is 0 Å². The molecule has 1 aromatic rings. The molecule has 0 bridgehead atoms. The summed E-state index contributed by atoms with van der Waals surface area (Å²) in [6.45, 7) is 6.54. The van der Waals surface area contributed by atoms with Gasteiger partial charge in [-0.1, -0.05) is 41.6 Å². The van der Waals surface area contributed by atoms with Crippen molar-refractivity contribution in [3.63, 3.8) is 0 Å². The molecule has 0 aliphatic carbocycles. The summed E-state index contributed by atoms with van der Waals surface area (Å²) in [5.74, 6) is 0.583. The first-order valence-corrected chi connectivity index (χ1v) is 8.31. The minimum Gasteiger partial charge on any atom is -0.409 e. The van der Waals surface area contributed by atoms with Crippen molar-refractivity contribution >= 4 is 11.4 Å². The van der Waals surface area contributed by atoms with Crippen molar-refractivity contribution in [2.75, 3.05) is 19.8 Å². The first kappa shape index (κ1) is 22.5. The van der Waals surface area contributed by atoms with Crippen LogP contribution in [0, 0.1) is 13.0 Å². The van der Waals surface area contributed by atoms with Gasteiger partial charge in [-0.25, -0.2) is 8.78 Å². The number of aliphatic imine (C=N–C) groups is 1. The molecule has 7 heteroatoms. The molecule has 138 valence electrons. The first-order valence-electron chi connectivity index (χ1n) is 8.31. The number of halogens is 2. The molecule has 0 aromatic heterocycles. The van der Waals surface area contributed by atoms with Gasteiger partial charge in [0.05, 0.1) is 19.0 Å². The second-order valence-electron chi connectivity index (χ2n) is 6.32. The Labute approximate surface area is 200 Å². The Morgan fingerprint density at radius 3 is 2.70 bits per heavy atom. The zero-order chi connectivity index (χ0) is 18.6. The quantitative estimate of drug-likeness (QED) is 0.553. The van der Waals surface area contributed by atoms with Crippen LogP contribution in [-0.4, -0.2) is 36.3 Å². The number of alkyl halides is 2. The van der Waals surface area contributed by atoms with Crippen LogP contribution in [0.15, 0.2) is 53.2 Å². The van der Waals surface area contributed by atoms with Crippen LogP contribution in [0.1, 0.15) is 24.0 Å². The molecule has 4 nitrogen and oxygen atoms in total. The van der Waals surface area contributed by atoms with Gasteiger partial charge in [0.25, 0.3) is 6.43 Å². The fourth-order valence-electron chi connectivity index (χ4n) is 2.81. The third kappa shape index (κ3) is 5.84. The van der Waals surface area contributed by atoms with E-state index in [4.69, 9.17) is 11.3 Å². The molecular weight excluding hydrogens is 377 g/mol. The minimum absolute atomic E-state index is 0. The molecule has 0 saturated carbocycles. The zero-order valence-corrected chi connectivity index (χ0v) is 18.3. The fraction of sp³-hybridized carbons (Fsp3) is 0.300. The predicted molar refractivity (Wildman–Crippen MR) is 96.5 cm³/mol. The number of nitrogens with one attached hydrogen (secondary N) is 1. The van der Waals surface area contributed by atoms with E-state index in [0.717, 1.165) is 16.7 Å². The third-order valence-corrected chi connectivity index (χ3v) is 4.33. The number of benzene rings is 1. The van der Waals surface area contributed by atoms with Gasteiger partial charge in [0.2, 0.25) is 0 Å². The number of allylic oxidation sites excluding steroid dienone is 3. The Balaban J connectivity index is 0.00000261. The van der Waals surface area contributed by atoms with E-state index in [1.54, 1.807) is 24.4 Å². The number of ether oxygens (including phenoxy) is 1. The van der Waals surface area contributed by atoms with Gasteiger partial charge in [-0.2, -0.15) is 6.08 Å². The van der Waals surface area contributed by atoms with Crippen LogP contribution < -0.4 is 56.7 Å². The van der Waals surface area contributed by atoms with E-state index < -0.39 is 12.0 Å². The predicted octanol–water partition coefficient (Wildman–Crippen LogP) is 0.242. The summed E-state index contributed by atoms with van der Waals surface area (Å²) in [5.41, 5.74) is 1.40. The molecule has 1 aromatic carbocycles. The summed E-state index contributed by atoms with van der Waals surface area (Å²) in [7, 11) is 0. The van der Waals surface area contributed by atoms with Crippen LogP contribution in [0.2, 0.25) is 0 Å². The van der Waals surface area contributed by atoms with Crippen molar-refractivity contribution in [2.24, 2.45) is 4.99 Å². The van der Waals surface area contributed by atoms with Crippen LogP contribution in [0.25, 0.3) is 5.57 Å². The van der Waals surface area contributed by atoms with Gasteiger partial charge >= 0.3 is 51.4 Å². The monoisotopic (exact) mass is 397 g/mol. The van der Waals surface area contributed by atoms with Crippen molar-refractivity contribution < 1.29 is 70.0 Å². The molecule has 0 amide bonds.